The second-order valence-electron chi connectivity index (χ2n) is 12.2. The van der Waals surface area contributed by atoms with E-state index in [9.17, 15) is 0 Å². The predicted octanol–water partition coefficient (Wildman–Crippen LogP) is 10.9. The van der Waals surface area contributed by atoms with E-state index in [-0.39, 0.29) is 0 Å². The lowest BCUT2D eigenvalue weighted by Gasteiger charge is -2.31. The van der Waals surface area contributed by atoms with Crippen molar-refractivity contribution in [3.05, 3.63) is 29.8 Å². The highest BCUT2D eigenvalue weighted by atomic mass is 16.5. The van der Waals surface area contributed by atoms with Gasteiger partial charge in [0.2, 0.25) is 0 Å². The van der Waals surface area contributed by atoms with Crippen LogP contribution in [0.2, 0.25) is 0 Å². The molecule has 35 heavy (non-hydrogen) atoms. The molecule has 0 bridgehead atoms. The van der Waals surface area contributed by atoms with Gasteiger partial charge in [-0.25, -0.2) is 0 Å². The lowest BCUT2D eigenvalue weighted by atomic mass is 9.74. The average Bonchev–Trinajstić information content (AvgIpc) is 2.90. The lowest BCUT2D eigenvalue weighted by Crippen LogP contribution is -2.20. The van der Waals surface area contributed by atoms with Crippen LogP contribution in [0.5, 0.6) is 5.75 Å². The quantitative estimate of drug-likeness (QED) is 0.201. The monoisotopic (exact) mass is 482 g/mol. The first-order chi connectivity index (χ1) is 17.3. The molecule has 1 aromatic carbocycles. The van der Waals surface area contributed by atoms with Crippen LogP contribution >= 0.6 is 0 Å². The molecule has 0 radical (unpaired) electrons. The third-order valence-corrected chi connectivity index (χ3v) is 9.43. The minimum atomic E-state index is 0.889. The Morgan fingerprint density at radius 3 is 1.83 bits per heavy atom. The van der Waals surface area contributed by atoms with Crippen molar-refractivity contribution in [1.82, 2.24) is 0 Å². The highest BCUT2D eigenvalue weighted by Crippen LogP contribution is 2.37. The highest BCUT2D eigenvalue weighted by Gasteiger charge is 2.24. The molecule has 0 aromatic heterocycles. The van der Waals surface area contributed by atoms with Crippen molar-refractivity contribution >= 4 is 0 Å². The summed E-state index contributed by atoms with van der Waals surface area (Å²) in [5.74, 6) is 5.02. The van der Waals surface area contributed by atoms with E-state index in [1.807, 2.05) is 0 Å². The summed E-state index contributed by atoms with van der Waals surface area (Å²) in [7, 11) is 0. The first kappa shape index (κ1) is 28.6. The van der Waals surface area contributed by atoms with Crippen LogP contribution in [0.1, 0.15) is 148 Å². The highest BCUT2D eigenvalue weighted by molar-refractivity contribution is 5.27. The Labute approximate surface area is 219 Å². The lowest BCUT2D eigenvalue weighted by molar-refractivity contribution is 0.190. The fourth-order valence-electron chi connectivity index (χ4n) is 7.03. The maximum atomic E-state index is 6.15. The third-order valence-electron chi connectivity index (χ3n) is 9.43. The summed E-state index contributed by atoms with van der Waals surface area (Å²) >= 11 is 0. The second kappa shape index (κ2) is 17.5. The summed E-state index contributed by atoms with van der Waals surface area (Å²) in [4.78, 5) is 0. The van der Waals surface area contributed by atoms with Gasteiger partial charge in [-0.3, -0.25) is 0 Å². The SMILES string of the molecule is CCCCCCC1CCCCC1CCCOc1ccc(CCC2CCC(CCCCC)CC2)cc1. The minimum Gasteiger partial charge on any atom is -0.494 e. The Hall–Kier alpha value is -0.980. The molecule has 3 rings (SSSR count). The van der Waals surface area contributed by atoms with E-state index < -0.39 is 0 Å². The number of unbranched alkanes of at least 4 members (excludes halogenated alkanes) is 5. The van der Waals surface area contributed by atoms with Crippen LogP contribution in [0.3, 0.4) is 0 Å². The topological polar surface area (TPSA) is 9.23 Å². The van der Waals surface area contributed by atoms with Crippen molar-refractivity contribution in [1.29, 1.82) is 0 Å². The van der Waals surface area contributed by atoms with E-state index in [4.69, 9.17) is 4.74 Å². The largest absolute Gasteiger partial charge is 0.494 e. The van der Waals surface area contributed by atoms with E-state index in [2.05, 4.69) is 38.1 Å². The number of aryl methyl sites for hydroxylation is 1. The van der Waals surface area contributed by atoms with Gasteiger partial charge >= 0.3 is 0 Å². The van der Waals surface area contributed by atoms with Gasteiger partial charge in [0, 0.05) is 0 Å². The number of ether oxygens (including phenoxy) is 1. The molecule has 1 aromatic rings. The summed E-state index contributed by atoms with van der Waals surface area (Å²) < 4.78 is 6.15. The Morgan fingerprint density at radius 2 is 1.17 bits per heavy atom. The van der Waals surface area contributed by atoms with Gasteiger partial charge in [-0.15, -0.1) is 0 Å². The smallest absolute Gasteiger partial charge is 0.119 e. The van der Waals surface area contributed by atoms with Crippen molar-refractivity contribution in [2.75, 3.05) is 6.61 Å². The molecule has 1 heteroatoms. The van der Waals surface area contributed by atoms with Crippen LogP contribution in [0.15, 0.2) is 24.3 Å². The maximum absolute atomic E-state index is 6.15. The number of hydrogen-bond donors (Lipinski definition) is 0. The fourth-order valence-corrected chi connectivity index (χ4v) is 7.03. The Bertz CT molecular complexity index is 626. The van der Waals surface area contributed by atoms with Gasteiger partial charge < -0.3 is 4.74 Å². The van der Waals surface area contributed by atoms with Crippen LogP contribution in [-0.2, 0) is 6.42 Å². The van der Waals surface area contributed by atoms with E-state index >= 15 is 0 Å². The predicted molar refractivity (Wildman–Crippen MR) is 153 cm³/mol. The fraction of sp³-hybridized carbons (Fsp3) is 0.824. The van der Waals surface area contributed by atoms with Crippen molar-refractivity contribution in [2.24, 2.45) is 23.7 Å². The molecule has 0 amide bonds. The van der Waals surface area contributed by atoms with Gasteiger partial charge in [-0.05, 0) is 67.1 Å². The molecule has 2 aliphatic rings. The molecular formula is C34H58O. The maximum Gasteiger partial charge on any atom is 0.119 e. The van der Waals surface area contributed by atoms with Gasteiger partial charge in [0.05, 0.1) is 6.61 Å². The second-order valence-corrected chi connectivity index (χ2v) is 12.2. The standard InChI is InChI=1S/C34H58O/c1-3-5-7-9-14-32-15-10-11-16-33(32)17-12-28-35-34-26-24-31(25-27-34)23-22-30-20-18-29(19-21-30)13-8-6-4-2/h24-27,29-30,32-33H,3-23,28H2,1-2H3. The molecule has 0 saturated heterocycles. The molecule has 0 heterocycles. The summed E-state index contributed by atoms with van der Waals surface area (Å²) in [5.41, 5.74) is 1.50. The first-order valence-corrected chi connectivity index (χ1v) is 16.0. The van der Waals surface area contributed by atoms with Crippen LogP contribution < -0.4 is 4.74 Å². The van der Waals surface area contributed by atoms with E-state index in [0.29, 0.717) is 0 Å². The van der Waals surface area contributed by atoms with Crippen LogP contribution in [0.4, 0.5) is 0 Å². The van der Waals surface area contributed by atoms with Gasteiger partial charge in [0.25, 0.3) is 0 Å². The molecule has 0 spiro atoms. The van der Waals surface area contributed by atoms with E-state index in [0.717, 1.165) is 36.0 Å². The molecule has 200 valence electrons. The molecule has 2 saturated carbocycles. The Kier molecular flexibility index (Phi) is 14.3. The van der Waals surface area contributed by atoms with Crippen molar-refractivity contribution < 1.29 is 4.74 Å². The van der Waals surface area contributed by atoms with Gasteiger partial charge in [0.15, 0.2) is 0 Å². The Balaban J connectivity index is 1.26. The van der Waals surface area contributed by atoms with E-state index in [1.54, 1.807) is 0 Å². The molecule has 2 atom stereocenters. The molecule has 2 unspecified atom stereocenters. The van der Waals surface area contributed by atoms with Gasteiger partial charge in [-0.1, -0.05) is 135 Å². The zero-order valence-corrected chi connectivity index (χ0v) is 23.6. The number of benzene rings is 1. The van der Waals surface area contributed by atoms with Crippen molar-refractivity contribution in [3.63, 3.8) is 0 Å². The molecule has 0 N–H and O–H groups in total. The summed E-state index contributed by atoms with van der Waals surface area (Å²) in [6.45, 7) is 5.52. The average molecular weight is 483 g/mol. The van der Waals surface area contributed by atoms with Crippen LogP contribution in [-0.4, -0.2) is 6.61 Å². The number of hydrogen-bond acceptors (Lipinski definition) is 1. The molecule has 0 aliphatic heterocycles. The molecular weight excluding hydrogens is 424 g/mol. The van der Waals surface area contributed by atoms with Crippen LogP contribution in [0.25, 0.3) is 0 Å². The zero-order chi connectivity index (χ0) is 24.6. The minimum absolute atomic E-state index is 0.889. The van der Waals surface area contributed by atoms with Gasteiger partial charge in [0.1, 0.15) is 5.75 Å². The Morgan fingerprint density at radius 1 is 0.600 bits per heavy atom. The summed E-state index contributed by atoms with van der Waals surface area (Å²) in [6.07, 6.45) is 29.9. The molecule has 1 nitrogen and oxygen atoms in total. The summed E-state index contributed by atoms with van der Waals surface area (Å²) in [6, 6.07) is 9.08. The molecule has 2 fully saturated rings. The number of rotatable bonds is 17. The van der Waals surface area contributed by atoms with Crippen LogP contribution in [0, 0.1) is 23.7 Å². The normalized spacial score (nSPS) is 25.0. The zero-order valence-electron chi connectivity index (χ0n) is 23.6. The first-order valence-electron chi connectivity index (χ1n) is 16.0. The summed E-state index contributed by atoms with van der Waals surface area (Å²) in [5, 5.41) is 0. The van der Waals surface area contributed by atoms with Crippen molar-refractivity contribution in [3.8, 4) is 5.75 Å². The van der Waals surface area contributed by atoms with Crippen molar-refractivity contribution in [2.45, 2.75) is 149 Å². The molecule has 2 aliphatic carbocycles. The van der Waals surface area contributed by atoms with E-state index in [1.165, 1.54) is 140 Å². The van der Waals surface area contributed by atoms with Gasteiger partial charge in [-0.2, -0.15) is 0 Å². The third kappa shape index (κ3) is 11.3.